The van der Waals surface area contributed by atoms with Gasteiger partial charge in [0.25, 0.3) is 0 Å². The second-order valence-electron chi connectivity index (χ2n) is 2.93. The van der Waals surface area contributed by atoms with E-state index in [2.05, 4.69) is 25.3 Å². The summed E-state index contributed by atoms with van der Waals surface area (Å²) in [5.41, 5.74) is 0. The number of likely N-dealkylation sites (tertiary alicyclic amines) is 1. The molecule has 0 aliphatic carbocycles. The fourth-order valence-electron chi connectivity index (χ4n) is 1.29. The average Bonchev–Trinajstić information content (AvgIpc) is 2.31. The van der Waals surface area contributed by atoms with E-state index in [4.69, 9.17) is 0 Å². The van der Waals surface area contributed by atoms with E-state index < -0.39 is 0 Å². The Balaban J connectivity index is 2.49. The van der Waals surface area contributed by atoms with E-state index in [-0.39, 0.29) is 5.91 Å². The highest BCUT2D eigenvalue weighted by molar-refractivity contribution is 7.81. The van der Waals surface area contributed by atoms with E-state index in [1.165, 1.54) is 0 Å². The van der Waals surface area contributed by atoms with Crippen LogP contribution in [0.1, 0.15) is 6.92 Å². The molecule has 2 nitrogen and oxygen atoms in total. The highest BCUT2D eigenvalue weighted by Gasteiger charge is 2.30. The van der Waals surface area contributed by atoms with Gasteiger partial charge in [0.1, 0.15) is 0 Å². The molecule has 4 heteroatoms. The Morgan fingerprint density at radius 3 is 2.55 bits per heavy atom. The van der Waals surface area contributed by atoms with Gasteiger partial charge in [-0.3, -0.25) is 4.79 Å². The average molecular weight is 191 g/mol. The second-order valence-corrected chi connectivity index (χ2v) is 3.96. The van der Waals surface area contributed by atoms with Crippen molar-refractivity contribution in [1.82, 2.24) is 4.90 Å². The maximum atomic E-state index is 10.9. The SMILES string of the molecule is CC(=O)N1CC(S)C(CS)C1. The zero-order valence-electron chi connectivity index (χ0n) is 6.53. The third-order valence-electron chi connectivity index (χ3n) is 2.09. The lowest BCUT2D eigenvalue weighted by atomic mass is 10.1. The summed E-state index contributed by atoms with van der Waals surface area (Å²) in [5.74, 6) is 1.43. The van der Waals surface area contributed by atoms with Crippen LogP contribution in [0.3, 0.4) is 0 Å². The first-order valence-electron chi connectivity index (χ1n) is 3.69. The molecule has 1 saturated heterocycles. The maximum absolute atomic E-state index is 10.9. The van der Waals surface area contributed by atoms with Crippen LogP contribution < -0.4 is 0 Å². The van der Waals surface area contributed by atoms with Crippen molar-refractivity contribution >= 4 is 31.2 Å². The second kappa shape index (κ2) is 3.72. The van der Waals surface area contributed by atoms with Crippen LogP contribution in [-0.4, -0.2) is 34.9 Å². The summed E-state index contributed by atoms with van der Waals surface area (Å²) in [4.78, 5) is 12.8. The number of hydrogen-bond acceptors (Lipinski definition) is 3. The number of thiol groups is 2. The fraction of sp³-hybridized carbons (Fsp3) is 0.857. The zero-order chi connectivity index (χ0) is 8.43. The lowest BCUT2D eigenvalue weighted by molar-refractivity contribution is -0.127. The van der Waals surface area contributed by atoms with Gasteiger partial charge in [0.2, 0.25) is 5.91 Å². The number of rotatable bonds is 1. The molecule has 1 aliphatic heterocycles. The van der Waals surface area contributed by atoms with Crippen molar-refractivity contribution in [3.05, 3.63) is 0 Å². The monoisotopic (exact) mass is 191 g/mol. The minimum Gasteiger partial charge on any atom is -0.341 e. The van der Waals surface area contributed by atoms with Crippen molar-refractivity contribution in [2.75, 3.05) is 18.8 Å². The fourth-order valence-corrected chi connectivity index (χ4v) is 2.22. The first-order valence-corrected chi connectivity index (χ1v) is 4.84. The predicted molar refractivity (Wildman–Crippen MR) is 52.4 cm³/mol. The van der Waals surface area contributed by atoms with Gasteiger partial charge in [-0.25, -0.2) is 0 Å². The van der Waals surface area contributed by atoms with Gasteiger partial charge < -0.3 is 4.90 Å². The van der Waals surface area contributed by atoms with Crippen molar-refractivity contribution in [3.8, 4) is 0 Å². The van der Waals surface area contributed by atoms with Gasteiger partial charge in [-0.05, 0) is 11.7 Å². The van der Waals surface area contributed by atoms with E-state index in [1.54, 1.807) is 6.92 Å². The summed E-state index contributed by atoms with van der Waals surface area (Å²) in [6.45, 7) is 3.21. The zero-order valence-corrected chi connectivity index (χ0v) is 8.31. The first kappa shape index (κ1) is 9.26. The first-order chi connectivity index (χ1) is 5.15. The van der Waals surface area contributed by atoms with Crippen LogP contribution in [0.2, 0.25) is 0 Å². The third-order valence-corrected chi connectivity index (χ3v) is 3.14. The minimum absolute atomic E-state index is 0.147. The molecule has 64 valence electrons. The number of carbonyl (C=O) groups excluding carboxylic acids is 1. The summed E-state index contributed by atoms with van der Waals surface area (Å²) in [6, 6.07) is 0. The molecule has 0 radical (unpaired) electrons. The summed E-state index contributed by atoms with van der Waals surface area (Å²) < 4.78 is 0. The minimum atomic E-state index is 0.147. The van der Waals surface area contributed by atoms with Gasteiger partial charge in [0.05, 0.1) is 0 Å². The topological polar surface area (TPSA) is 20.3 Å². The van der Waals surface area contributed by atoms with E-state index in [0.29, 0.717) is 11.2 Å². The molecular formula is C7H13NOS2. The molecule has 0 saturated carbocycles. The molecule has 0 spiro atoms. The van der Waals surface area contributed by atoms with Gasteiger partial charge in [-0.1, -0.05) is 0 Å². The Kier molecular flexibility index (Phi) is 3.13. The molecule has 1 aliphatic rings. The van der Waals surface area contributed by atoms with Crippen LogP contribution in [0.15, 0.2) is 0 Å². The van der Waals surface area contributed by atoms with Crippen LogP contribution in [0.4, 0.5) is 0 Å². The molecule has 1 heterocycles. The number of amides is 1. The normalized spacial score (nSPS) is 31.0. The van der Waals surface area contributed by atoms with Gasteiger partial charge in [0.15, 0.2) is 0 Å². The summed E-state index contributed by atoms with van der Waals surface area (Å²) in [5, 5.41) is 0.316. The van der Waals surface area contributed by atoms with Crippen LogP contribution >= 0.6 is 25.3 Å². The van der Waals surface area contributed by atoms with Crippen LogP contribution in [0.5, 0.6) is 0 Å². The van der Waals surface area contributed by atoms with Crippen molar-refractivity contribution in [2.45, 2.75) is 12.2 Å². The molecule has 0 aromatic rings. The standard InChI is InChI=1S/C7H13NOS2/c1-5(9)8-2-6(4-10)7(11)3-8/h6-7,10-11H,2-4H2,1H3. The van der Waals surface area contributed by atoms with Gasteiger partial charge in [0, 0.05) is 25.3 Å². The Morgan fingerprint density at radius 2 is 2.27 bits per heavy atom. The molecule has 0 aromatic heterocycles. The molecule has 1 fully saturated rings. The molecule has 0 N–H and O–H groups in total. The molecule has 2 unspecified atom stereocenters. The van der Waals surface area contributed by atoms with Gasteiger partial charge in [-0.2, -0.15) is 25.3 Å². The Hall–Kier alpha value is 0.170. The lowest BCUT2D eigenvalue weighted by Crippen LogP contribution is -2.26. The molecule has 1 amide bonds. The summed E-state index contributed by atoms with van der Waals surface area (Å²) >= 11 is 8.58. The quantitative estimate of drug-likeness (QED) is 0.584. The van der Waals surface area contributed by atoms with Crippen LogP contribution in [-0.2, 0) is 4.79 Å². The van der Waals surface area contributed by atoms with Gasteiger partial charge in [-0.15, -0.1) is 0 Å². The highest BCUT2D eigenvalue weighted by Crippen LogP contribution is 2.22. The van der Waals surface area contributed by atoms with Crippen molar-refractivity contribution in [3.63, 3.8) is 0 Å². The summed E-state index contributed by atoms with van der Waals surface area (Å²) in [7, 11) is 0. The van der Waals surface area contributed by atoms with Crippen LogP contribution in [0, 0.1) is 5.92 Å². The Bertz CT molecular complexity index is 163. The molecule has 0 aromatic carbocycles. The molecule has 1 rings (SSSR count). The smallest absolute Gasteiger partial charge is 0.219 e. The van der Waals surface area contributed by atoms with E-state index >= 15 is 0 Å². The van der Waals surface area contributed by atoms with Gasteiger partial charge >= 0.3 is 0 Å². The predicted octanol–water partition coefficient (Wildman–Crippen LogP) is 0.693. The molecule has 0 bridgehead atoms. The highest BCUT2D eigenvalue weighted by atomic mass is 32.1. The molecule has 11 heavy (non-hydrogen) atoms. The van der Waals surface area contributed by atoms with Crippen molar-refractivity contribution in [1.29, 1.82) is 0 Å². The lowest BCUT2D eigenvalue weighted by Gasteiger charge is -2.11. The number of carbonyl (C=O) groups is 1. The van der Waals surface area contributed by atoms with Crippen molar-refractivity contribution in [2.24, 2.45) is 5.92 Å². The van der Waals surface area contributed by atoms with Crippen LogP contribution in [0.25, 0.3) is 0 Å². The summed E-state index contributed by atoms with van der Waals surface area (Å²) in [6.07, 6.45) is 0. The Morgan fingerprint density at radius 1 is 1.64 bits per heavy atom. The largest absolute Gasteiger partial charge is 0.341 e. The molecule has 2 atom stereocenters. The van der Waals surface area contributed by atoms with E-state index in [0.717, 1.165) is 18.8 Å². The van der Waals surface area contributed by atoms with E-state index in [9.17, 15) is 4.79 Å². The molecular weight excluding hydrogens is 178 g/mol. The Labute approximate surface area is 78.2 Å². The number of nitrogens with zero attached hydrogens (tertiary/aromatic N) is 1. The number of hydrogen-bond donors (Lipinski definition) is 2. The maximum Gasteiger partial charge on any atom is 0.219 e. The third kappa shape index (κ3) is 2.06. The van der Waals surface area contributed by atoms with Crippen molar-refractivity contribution < 1.29 is 4.79 Å². The van der Waals surface area contributed by atoms with E-state index in [1.807, 2.05) is 4.90 Å².